The Morgan fingerprint density at radius 3 is 2.64 bits per heavy atom. The lowest BCUT2D eigenvalue weighted by atomic mass is 9.99. The smallest absolute Gasteiger partial charge is 0.340 e. The van der Waals surface area contributed by atoms with Gasteiger partial charge in [0.05, 0.1) is 30.3 Å². The standard InChI is InChI=1S/C21H21NO6/c1-10-9-27-18-12(3)19-14(7-13(10)18)11(2)15(21(26)28-19)8-17(23)22-6-4-5-16(22)20(24)25/h7,9,16H,4-6,8H2,1-3H3,(H,24,25)/p-1/t16-/m0/s1. The van der Waals surface area contributed by atoms with Gasteiger partial charge in [-0.05, 0) is 50.8 Å². The maximum atomic E-state index is 12.7. The van der Waals surface area contributed by atoms with E-state index in [2.05, 4.69) is 0 Å². The minimum Gasteiger partial charge on any atom is -0.548 e. The SMILES string of the molecule is Cc1coc2c(C)c3oc(=O)c(CC(=O)N4CCC[C@H]4C(=O)[O-])c(C)c3cc12. The summed E-state index contributed by atoms with van der Waals surface area (Å²) in [4.78, 5) is 37.9. The number of amides is 1. The van der Waals surface area contributed by atoms with Crippen molar-refractivity contribution < 1.29 is 23.5 Å². The van der Waals surface area contributed by atoms with E-state index in [1.165, 1.54) is 4.90 Å². The molecule has 7 nitrogen and oxygen atoms in total. The third-order valence-electron chi connectivity index (χ3n) is 5.71. The Bertz CT molecular complexity index is 1190. The van der Waals surface area contributed by atoms with Gasteiger partial charge in [-0.25, -0.2) is 4.79 Å². The van der Waals surface area contributed by atoms with Crippen LogP contribution in [0, 0.1) is 20.8 Å². The van der Waals surface area contributed by atoms with Gasteiger partial charge < -0.3 is 23.6 Å². The zero-order valence-corrected chi connectivity index (χ0v) is 16.0. The van der Waals surface area contributed by atoms with Crippen LogP contribution in [0.3, 0.4) is 0 Å². The largest absolute Gasteiger partial charge is 0.548 e. The number of carbonyl (C=O) groups excluding carboxylic acids is 2. The fraction of sp³-hybridized carbons (Fsp3) is 0.381. The van der Waals surface area contributed by atoms with E-state index in [1.807, 2.05) is 19.9 Å². The number of carboxylic acid groups (broad SMARTS) is 1. The lowest BCUT2D eigenvalue weighted by Gasteiger charge is -2.25. The molecule has 2 aromatic heterocycles. The molecule has 146 valence electrons. The van der Waals surface area contributed by atoms with Gasteiger partial charge in [0.15, 0.2) is 0 Å². The third-order valence-corrected chi connectivity index (χ3v) is 5.71. The fourth-order valence-corrected chi connectivity index (χ4v) is 4.09. The molecule has 1 saturated heterocycles. The first kappa shape index (κ1) is 18.3. The number of aliphatic carboxylic acids is 1. The highest BCUT2D eigenvalue weighted by Gasteiger charge is 2.30. The van der Waals surface area contributed by atoms with Crippen LogP contribution in [0.1, 0.15) is 35.1 Å². The van der Waals surface area contributed by atoms with Gasteiger partial charge in [0.2, 0.25) is 5.91 Å². The summed E-state index contributed by atoms with van der Waals surface area (Å²) in [5.41, 5.74) is 3.14. The van der Waals surface area contributed by atoms with Crippen LogP contribution in [0.25, 0.3) is 21.9 Å². The van der Waals surface area contributed by atoms with Gasteiger partial charge in [-0.2, -0.15) is 0 Å². The predicted molar refractivity (Wildman–Crippen MR) is 99.9 cm³/mol. The minimum absolute atomic E-state index is 0.199. The summed E-state index contributed by atoms with van der Waals surface area (Å²) in [6.07, 6.45) is 2.43. The average molecular weight is 382 g/mol. The lowest BCUT2D eigenvalue weighted by molar-refractivity contribution is -0.310. The van der Waals surface area contributed by atoms with Crippen LogP contribution in [0.4, 0.5) is 0 Å². The van der Waals surface area contributed by atoms with Crippen LogP contribution < -0.4 is 10.7 Å². The van der Waals surface area contributed by atoms with Crippen LogP contribution >= 0.6 is 0 Å². The predicted octanol–water partition coefficient (Wildman–Crippen LogP) is 1.75. The molecule has 0 spiro atoms. The number of likely N-dealkylation sites (tertiary alicyclic amines) is 1. The Hall–Kier alpha value is -3.09. The number of aryl methyl sites for hydroxylation is 3. The zero-order chi connectivity index (χ0) is 20.2. The monoisotopic (exact) mass is 382 g/mol. The molecular weight excluding hydrogens is 362 g/mol. The minimum atomic E-state index is -1.26. The van der Waals surface area contributed by atoms with Gasteiger partial charge in [0.1, 0.15) is 11.2 Å². The Morgan fingerprint density at radius 1 is 1.18 bits per heavy atom. The van der Waals surface area contributed by atoms with E-state index in [0.717, 1.165) is 21.9 Å². The van der Waals surface area contributed by atoms with Crippen molar-refractivity contribution in [2.45, 2.75) is 46.1 Å². The van der Waals surface area contributed by atoms with Crippen molar-refractivity contribution in [3.63, 3.8) is 0 Å². The lowest BCUT2D eigenvalue weighted by Crippen LogP contribution is -2.47. The molecule has 3 heterocycles. The summed E-state index contributed by atoms with van der Waals surface area (Å²) in [7, 11) is 0. The highest BCUT2D eigenvalue weighted by Crippen LogP contribution is 2.32. The molecule has 28 heavy (non-hydrogen) atoms. The van der Waals surface area contributed by atoms with Crippen LogP contribution in [-0.4, -0.2) is 29.4 Å². The molecule has 7 heteroatoms. The van der Waals surface area contributed by atoms with Crippen molar-refractivity contribution >= 4 is 33.8 Å². The van der Waals surface area contributed by atoms with Crippen molar-refractivity contribution in [1.29, 1.82) is 0 Å². The molecule has 1 aliphatic heterocycles. The average Bonchev–Trinajstić information content (AvgIpc) is 3.27. The summed E-state index contributed by atoms with van der Waals surface area (Å²) in [5, 5.41) is 12.9. The second kappa shape index (κ2) is 6.51. The number of carbonyl (C=O) groups is 2. The molecule has 0 N–H and O–H groups in total. The maximum Gasteiger partial charge on any atom is 0.340 e. The number of rotatable bonds is 3. The summed E-state index contributed by atoms with van der Waals surface area (Å²) in [5.74, 6) is -1.67. The molecule has 1 amide bonds. The molecule has 4 rings (SSSR count). The number of nitrogens with zero attached hydrogens (tertiary/aromatic N) is 1. The number of benzene rings is 1. The molecule has 1 aliphatic rings. The Morgan fingerprint density at radius 2 is 1.93 bits per heavy atom. The number of fused-ring (bicyclic) bond motifs is 2. The second-order valence-corrected chi connectivity index (χ2v) is 7.41. The first-order valence-electron chi connectivity index (χ1n) is 9.23. The number of furan rings is 1. The van der Waals surface area contributed by atoms with Gasteiger partial charge in [-0.3, -0.25) is 4.79 Å². The van der Waals surface area contributed by atoms with E-state index >= 15 is 0 Å². The number of carboxylic acids is 1. The van der Waals surface area contributed by atoms with Crippen molar-refractivity contribution in [1.82, 2.24) is 4.90 Å². The number of hydrogen-bond acceptors (Lipinski definition) is 6. The molecule has 0 bridgehead atoms. The van der Waals surface area contributed by atoms with Crippen LogP contribution in [0.2, 0.25) is 0 Å². The summed E-state index contributed by atoms with van der Waals surface area (Å²) in [6.45, 7) is 5.89. The maximum absolute atomic E-state index is 12.7. The Kier molecular flexibility index (Phi) is 4.25. The quantitative estimate of drug-likeness (QED) is 0.639. The van der Waals surface area contributed by atoms with Gasteiger partial charge in [-0.1, -0.05) is 0 Å². The van der Waals surface area contributed by atoms with Gasteiger partial charge in [0, 0.05) is 22.9 Å². The summed E-state index contributed by atoms with van der Waals surface area (Å²) < 4.78 is 11.1. The zero-order valence-electron chi connectivity index (χ0n) is 16.0. The molecule has 0 unspecified atom stereocenters. The highest BCUT2D eigenvalue weighted by atomic mass is 16.4. The summed E-state index contributed by atoms with van der Waals surface area (Å²) in [6, 6.07) is 0.971. The van der Waals surface area contributed by atoms with Crippen molar-refractivity contribution in [3.05, 3.63) is 45.0 Å². The van der Waals surface area contributed by atoms with E-state index in [4.69, 9.17) is 8.83 Å². The Labute approximate surface area is 160 Å². The molecule has 1 fully saturated rings. The van der Waals surface area contributed by atoms with E-state index in [-0.39, 0.29) is 12.0 Å². The van der Waals surface area contributed by atoms with Crippen LogP contribution in [0.15, 0.2) is 26.0 Å². The van der Waals surface area contributed by atoms with Crippen molar-refractivity contribution in [3.8, 4) is 0 Å². The van der Waals surface area contributed by atoms with E-state index in [1.54, 1.807) is 13.2 Å². The van der Waals surface area contributed by atoms with E-state index in [0.29, 0.717) is 36.1 Å². The normalized spacial score (nSPS) is 17.0. The van der Waals surface area contributed by atoms with E-state index < -0.39 is 23.5 Å². The van der Waals surface area contributed by atoms with Gasteiger partial charge in [0.25, 0.3) is 0 Å². The molecule has 1 atom stereocenters. The second-order valence-electron chi connectivity index (χ2n) is 7.41. The molecule has 0 aliphatic carbocycles. The topological polar surface area (TPSA) is 104 Å². The fourth-order valence-electron chi connectivity index (χ4n) is 4.09. The number of hydrogen-bond donors (Lipinski definition) is 0. The Balaban J connectivity index is 1.80. The molecule has 0 radical (unpaired) electrons. The van der Waals surface area contributed by atoms with Crippen LogP contribution in [0.5, 0.6) is 0 Å². The van der Waals surface area contributed by atoms with Crippen molar-refractivity contribution in [2.75, 3.05) is 6.54 Å². The van der Waals surface area contributed by atoms with Gasteiger partial charge >= 0.3 is 5.63 Å². The highest BCUT2D eigenvalue weighted by molar-refractivity contribution is 6.00. The molecule has 1 aromatic carbocycles. The van der Waals surface area contributed by atoms with E-state index in [9.17, 15) is 19.5 Å². The van der Waals surface area contributed by atoms with Crippen molar-refractivity contribution in [2.24, 2.45) is 0 Å². The molecule has 0 saturated carbocycles. The van der Waals surface area contributed by atoms with Crippen LogP contribution in [-0.2, 0) is 16.0 Å². The molecular formula is C21H20NO6-. The third kappa shape index (κ3) is 2.69. The molecule has 3 aromatic rings. The first-order valence-corrected chi connectivity index (χ1v) is 9.23. The summed E-state index contributed by atoms with van der Waals surface area (Å²) >= 11 is 0. The van der Waals surface area contributed by atoms with Gasteiger partial charge in [-0.15, -0.1) is 0 Å². The first-order chi connectivity index (χ1) is 13.3.